The monoisotopic (exact) mass is 380 g/mol. The van der Waals surface area contributed by atoms with Crippen LogP contribution in [0, 0.1) is 5.92 Å². The molecule has 0 radical (unpaired) electrons. The highest BCUT2D eigenvalue weighted by molar-refractivity contribution is 7.88. The Labute approximate surface area is 155 Å². The van der Waals surface area contributed by atoms with Crippen LogP contribution in [0.15, 0.2) is 24.5 Å². The number of sulfonamides is 1. The van der Waals surface area contributed by atoms with Gasteiger partial charge in [-0.1, -0.05) is 6.07 Å². The van der Waals surface area contributed by atoms with Gasteiger partial charge in [-0.2, -0.15) is 0 Å². The molecule has 1 aromatic heterocycles. The van der Waals surface area contributed by atoms with Crippen LogP contribution in [0.2, 0.25) is 0 Å². The zero-order valence-corrected chi connectivity index (χ0v) is 16.1. The van der Waals surface area contributed by atoms with Gasteiger partial charge in [0.2, 0.25) is 15.9 Å². The third-order valence-electron chi connectivity index (χ3n) is 5.42. The molecule has 144 valence electrons. The molecule has 0 aliphatic carbocycles. The number of aromatic nitrogens is 1. The molecule has 0 unspecified atom stereocenters. The molecule has 0 aromatic carbocycles. The Bertz CT molecular complexity index is 702. The quantitative estimate of drug-likeness (QED) is 0.818. The molecule has 3 heterocycles. The number of nitrogens with zero attached hydrogens (tertiary/aromatic N) is 3. The summed E-state index contributed by atoms with van der Waals surface area (Å²) in [6, 6.07) is 4.20. The number of rotatable bonds is 5. The minimum atomic E-state index is -3.09. The maximum atomic E-state index is 12.5. The van der Waals surface area contributed by atoms with Crippen molar-refractivity contribution in [1.29, 1.82) is 0 Å². The van der Waals surface area contributed by atoms with Crippen molar-refractivity contribution < 1.29 is 13.2 Å². The zero-order chi connectivity index (χ0) is 18.6. The lowest BCUT2D eigenvalue weighted by atomic mass is 9.93. The van der Waals surface area contributed by atoms with Crippen LogP contribution in [0.1, 0.15) is 31.2 Å². The molecule has 2 aliphatic heterocycles. The summed E-state index contributed by atoms with van der Waals surface area (Å²) < 4.78 is 24.9. The Kier molecular flexibility index (Phi) is 6.26. The second-order valence-electron chi connectivity index (χ2n) is 7.31. The molecule has 0 saturated carbocycles. The minimum Gasteiger partial charge on any atom is -0.352 e. The standard InChI is InChI=1S/C18H28N4O3S/c1-26(24,25)22-10-6-17(7-11-22)21-9-3-5-16(14-21)18(23)20-13-15-4-2-8-19-12-15/h2,4,8,12,16-17H,3,5-7,9-11,13-14H2,1H3,(H,20,23)/t16-/m1/s1. The maximum Gasteiger partial charge on any atom is 0.224 e. The third-order valence-corrected chi connectivity index (χ3v) is 6.73. The maximum absolute atomic E-state index is 12.5. The molecule has 1 aromatic rings. The first kappa shape index (κ1) is 19.3. The van der Waals surface area contributed by atoms with E-state index in [2.05, 4.69) is 15.2 Å². The fourth-order valence-corrected chi connectivity index (χ4v) is 4.80. The van der Waals surface area contributed by atoms with Crippen molar-refractivity contribution >= 4 is 15.9 Å². The smallest absolute Gasteiger partial charge is 0.224 e. The van der Waals surface area contributed by atoms with Gasteiger partial charge in [-0.15, -0.1) is 0 Å². The minimum absolute atomic E-state index is 0.00774. The molecule has 1 amide bonds. The normalized spacial score (nSPS) is 23.7. The highest BCUT2D eigenvalue weighted by Crippen LogP contribution is 2.24. The van der Waals surface area contributed by atoms with Gasteiger partial charge >= 0.3 is 0 Å². The predicted molar refractivity (Wildman–Crippen MR) is 99.8 cm³/mol. The van der Waals surface area contributed by atoms with E-state index >= 15 is 0 Å². The van der Waals surface area contributed by atoms with Gasteiger partial charge in [0, 0.05) is 44.6 Å². The van der Waals surface area contributed by atoms with Crippen LogP contribution < -0.4 is 5.32 Å². The average Bonchev–Trinajstić information content (AvgIpc) is 2.66. The number of piperidine rings is 2. The second-order valence-corrected chi connectivity index (χ2v) is 9.29. The molecule has 1 atom stereocenters. The Balaban J connectivity index is 1.49. The number of carbonyl (C=O) groups is 1. The topological polar surface area (TPSA) is 82.6 Å². The molecule has 2 aliphatic rings. The molecule has 2 fully saturated rings. The summed E-state index contributed by atoms with van der Waals surface area (Å²) in [6.07, 6.45) is 8.38. The van der Waals surface area contributed by atoms with Gasteiger partial charge in [0.1, 0.15) is 0 Å². The van der Waals surface area contributed by atoms with Crippen molar-refractivity contribution in [3.63, 3.8) is 0 Å². The van der Waals surface area contributed by atoms with Crippen LogP contribution in [0.25, 0.3) is 0 Å². The van der Waals surface area contributed by atoms with Crippen molar-refractivity contribution in [2.24, 2.45) is 5.92 Å². The van der Waals surface area contributed by atoms with Crippen LogP contribution in [-0.4, -0.2) is 67.0 Å². The van der Waals surface area contributed by atoms with Crippen molar-refractivity contribution in [1.82, 2.24) is 19.5 Å². The Morgan fingerprint density at radius 2 is 2.04 bits per heavy atom. The number of nitrogens with one attached hydrogen (secondary N) is 1. The lowest BCUT2D eigenvalue weighted by Crippen LogP contribution is -2.51. The predicted octanol–water partition coefficient (Wildman–Crippen LogP) is 0.834. The van der Waals surface area contributed by atoms with Crippen LogP contribution in [0.5, 0.6) is 0 Å². The largest absolute Gasteiger partial charge is 0.352 e. The number of amides is 1. The van der Waals surface area contributed by atoms with Gasteiger partial charge in [0.15, 0.2) is 0 Å². The number of pyridine rings is 1. The van der Waals surface area contributed by atoms with E-state index in [4.69, 9.17) is 0 Å². The first-order valence-corrected chi connectivity index (χ1v) is 11.1. The molecule has 7 nitrogen and oxygen atoms in total. The molecule has 3 rings (SSSR count). The van der Waals surface area contributed by atoms with Gasteiger partial charge in [0.05, 0.1) is 12.2 Å². The zero-order valence-electron chi connectivity index (χ0n) is 15.3. The van der Waals surface area contributed by atoms with Gasteiger partial charge in [-0.05, 0) is 43.9 Å². The van der Waals surface area contributed by atoms with Crippen LogP contribution in [0.3, 0.4) is 0 Å². The van der Waals surface area contributed by atoms with Crippen molar-refractivity contribution in [3.05, 3.63) is 30.1 Å². The molecular formula is C18H28N4O3S. The first-order chi connectivity index (χ1) is 12.4. The molecular weight excluding hydrogens is 352 g/mol. The summed E-state index contributed by atoms with van der Waals surface area (Å²) in [6.45, 7) is 3.43. The summed E-state index contributed by atoms with van der Waals surface area (Å²) in [4.78, 5) is 19.0. The van der Waals surface area contributed by atoms with E-state index in [1.807, 2.05) is 12.1 Å². The van der Waals surface area contributed by atoms with E-state index in [0.717, 1.165) is 44.3 Å². The van der Waals surface area contributed by atoms with Crippen molar-refractivity contribution in [3.8, 4) is 0 Å². The molecule has 8 heteroatoms. The van der Waals surface area contributed by atoms with Gasteiger partial charge in [-0.3, -0.25) is 14.7 Å². The number of carbonyl (C=O) groups excluding carboxylic acids is 1. The highest BCUT2D eigenvalue weighted by atomic mass is 32.2. The lowest BCUT2D eigenvalue weighted by molar-refractivity contribution is -0.127. The summed E-state index contributed by atoms with van der Waals surface area (Å²) in [5.74, 6) is 0.112. The SMILES string of the molecule is CS(=O)(=O)N1CCC(N2CCC[C@@H](C(=O)NCc3cccnc3)C2)CC1. The van der Waals surface area contributed by atoms with E-state index < -0.39 is 10.0 Å². The van der Waals surface area contributed by atoms with Gasteiger partial charge < -0.3 is 5.32 Å². The van der Waals surface area contributed by atoms with E-state index in [9.17, 15) is 13.2 Å². The van der Waals surface area contributed by atoms with Crippen LogP contribution in [0.4, 0.5) is 0 Å². The fourth-order valence-electron chi connectivity index (χ4n) is 3.93. The Hall–Kier alpha value is -1.51. The third kappa shape index (κ3) is 5.02. The fraction of sp³-hybridized carbons (Fsp3) is 0.667. The van der Waals surface area contributed by atoms with Gasteiger partial charge in [-0.25, -0.2) is 12.7 Å². The Morgan fingerprint density at radius 3 is 2.69 bits per heavy atom. The van der Waals surface area contributed by atoms with Crippen LogP contribution >= 0.6 is 0 Å². The first-order valence-electron chi connectivity index (χ1n) is 9.29. The molecule has 0 spiro atoms. The lowest BCUT2D eigenvalue weighted by Gasteiger charge is -2.41. The summed E-state index contributed by atoms with van der Waals surface area (Å²) >= 11 is 0. The molecule has 0 bridgehead atoms. The molecule has 26 heavy (non-hydrogen) atoms. The summed E-state index contributed by atoms with van der Waals surface area (Å²) in [5, 5.41) is 3.03. The molecule has 1 N–H and O–H groups in total. The van der Waals surface area contributed by atoms with E-state index in [-0.39, 0.29) is 11.8 Å². The van der Waals surface area contributed by atoms with Crippen molar-refractivity contribution in [2.75, 3.05) is 32.4 Å². The summed E-state index contributed by atoms with van der Waals surface area (Å²) in [7, 11) is -3.09. The van der Waals surface area contributed by atoms with E-state index in [1.165, 1.54) is 6.26 Å². The molecule has 2 saturated heterocycles. The van der Waals surface area contributed by atoms with Crippen LogP contribution in [-0.2, 0) is 21.4 Å². The number of likely N-dealkylation sites (tertiary alicyclic amines) is 1. The average molecular weight is 381 g/mol. The number of hydrogen-bond acceptors (Lipinski definition) is 5. The van der Waals surface area contributed by atoms with E-state index in [0.29, 0.717) is 25.7 Å². The van der Waals surface area contributed by atoms with E-state index in [1.54, 1.807) is 16.7 Å². The highest BCUT2D eigenvalue weighted by Gasteiger charge is 2.33. The van der Waals surface area contributed by atoms with Crippen molar-refractivity contribution in [2.45, 2.75) is 38.3 Å². The van der Waals surface area contributed by atoms with Gasteiger partial charge in [0.25, 0.3) is 0 Å². The number of hydrogen-bond donors (Lipinski definition) is 1. The second kappa shape index (κ2) is 8.45. The summed E-state index contributed by atoms with van der Waals surface area (Å²) in [5.41, 5.74) is 1.00. The Morgan fingerprint density at radius 1 is 1.27 bits per heavy atom.